The molecule has 3 N–H and O–H groups in total. The van der Waals surface area contributed by atoms with Crippen LogP contribution in [0.3, 0.4) is 0 Å². The van der Waals surface area contributed by atoms with Gasteiger partial charge in [-0.05, 0) is 49.2 Å². The Bertz CT molecular complexity index is 622. The molecule has 116 valence electrons. The van der Waals surface area contributed by atoms with E-state index < -0.39 is 6.10 Å². The summed E-state index contributed by atoms with van der Waals surface area (Å²) >= 11 is 0. The van der Waals surface area contributed by atoms with E-state index >= 15 is 0 Å². The number of carbonyl (C=O) groups is 1. The van der Waals surface area contributed by atoms with Crippen LogP contribution in [-0.2, 0) is 0 Å². The highest BCUT2D eigenvalue weighted by molar-refractivity contribution is 5.94. The molecule has 1 amide bonds. The van der Waals surface area contributed by atoms with E-state index in [0.29, 0.717) is 18.4 Å². The molecule has 0 aliphatic heterocycles. The minimum atomic E-state index is -0.536. The molecule has 22 heavy (non-hydrogen) atoms. The summed E-state index contributed by atoms with van der Waals surface area (Å²) < 4.78 is 1.97. The Labute approximate surface area is 129 Å². The molecule has 1 aliphatic carbocycles. The molecule has 0 spiro atoms. The first-order chi connectivity index (χ1) is 10.7. The molecule has 3 atom stereocenters. The topological polar surface area (TPSA) is 74.5 Å². The number of hydrogen-bond donors (Lipinski definition) is 3. The summed E-state index contributed by atoms with van der Waals surface area (Å²) in [4.78, 5) is 12.2. The van der Waals surface area contributed by atoms with E-state index in [2.05, 4.69) is 5.32 Å². The van der Waals surface area contributed by atoms with Crippen molar-refractivity contribution in [3.8, 4) is 5.69 Å². The van der Waals surface area contributed by atoms with Crippen molar-refractivity contribution in [3.63, 3.8) is 0 Å². The fourth-order valence-electron chi connectivity index (χ4n) is 2.98. The van der Waals surface area contributed by atoms with Crippen molar-refractivity contribution in [2.75, 3.05) is 6.61 Å². The zero-order valence-electron chi connectivity index (χ0n) is 12.2. The van der Waals surface area contributed by atoms with Crippen LogP contribution in [0.25, 0.3) is 5.69 Å². The Balaban J connectivity index is 1.63. The van der Waals surface area contributed by atoms with Crippen LogP contribution in [0.15, 0.2) is 48.8 Å². The third-order valence-corrected chi connectivity index (χ3v) is 4.26. The lowest BCUT2D eigenvalue weighted by molar-refractivity contribution is 0.0903. The van der Waals surface area contributed by atoms with Crippen LogP contribution >= 0.6 is 0 Å². The van der Waals surface area contributed by atoms with Crippen molar-refractivity contribution in [2.45, 2.75) is 25.0 Å². The Hall–Kier alpha value is -2.11. The lowest BCUT2D eigenvalue weighted by Gasteiger charge is -2.13. The first-order valence-corrected chi connectivity index (χ1v) is 7.50. The summed E-state index contributed by atoms with van der Waals surface area (Å²) in [5, 5.41) is 21.8. The molecule has 0 bridgehead atoms. The van der Waals surface area contributed by atoms with Crippen LogP contribution in [0.5, 0.6) is 0 Å². The number of nitrogens with one attached hydrogen (secondary N) is 1. The Morgan fingerprint density at radius 1 is 1.18 bits per heavy atom. The van der Waals surface area contributed by atoms with Crippen LogP contribution < -0.4 is 5.32 Å². The molecule has 1 heterocycles. The molecule has 0 saturated heterocycles. The van der Waals surface area contributed by atoms with Gasteiger partial charge in [-0.15, -0.1) is 0 Å². The molecule has 1 aliphatic rings. The molecule has 1 saturated carbocycles. The quantitative estimate of drug-likeness (QED) is 0.797. The maximum absolute atomic E-state index is 12.2. The lowest BCUT2D eigenvalue weighted by atomic mass is 10.1. The third kappa shape index (κ3) is 3.05. The van der Waals surface area contributed by atoms with Crippen molar-refractivity contribution in [2.24, 2.45) is 5.92 Å². The second-order valence-electron chi connectivity index (χ2n) is 5.79. The third-order valence-electron chi connectivity index (χ3n) is 4.26. The number of nitrogens with zero attached hydrogens (tertiary/aromatic N) is 1. The van der Waals surface area contributed by atoms with Crippen molar-refractivity contribution in [1.82, 2.24) is 9.88 Å². The molecule has 1 fully saturated rings. The van der Waals surface area contributed by atoms with Gasteiger partial charge in [0.05, 0.1) is 6.10 Å². The Kier molecular flexibility index (Phi) is 4.27. The molecule has 1 aromatic heterocycles. The number of benzene rings is 1. The number of carbonyl (C=O) groups excluding carboxylic acids is 1. The highest BCUT2D eigenvalue weighted by atomic mass is 16.3. The van der Waals surface area contributed by atoms with Gasteiger partial charge < -0.3 is 20.1 Å². The maximum atomic E-state index is 12.2. The van der Waals surface area contributed by atoms with E-state index in [-0.39, 0.29) is 24.5 Å². The van der Waals surface area contributed by atoms with Crippen LogP contribution in [0.4, 0.5) is 0 Å². The molecular weight excluding hydrogens is 280 g/mol. The van der Waals surface area contributed by atoms with E-state index in [9.17, 15) is 9.90 Å². The number of hydrogen-bond acceptors (Lipinski definition) is 3. The van der Waals surface area contributed by atoms with Crippen molar-refractivity contribution >= 4 is 5.91 Å². The number of aromatic nitrogens is 1. The number of aliphatic hydroxyl groups excluding tert-OH is 2. The van der Waals surface area contributed by atoms with Crippen molar-refractivity contribution in [1.29, 1.82) is 0 Å². The zero-order chi connectivity index (χ0) is 15.5. The number of rotatable bonds is 4. The molecule has 3 rings (SSSR count). The van der Waals surface area contributed by atoms with Gasteiger partial charge in [0.25, 0.3) is 5.91 Å². The van der Waals surface area contributed by atoms with E-state index in [0.717, 1.165) is 5.69 Å². The molecule has 5 heteroatoms. The second kappa shape index (κ2) is 6.34. The van der Waals surface area contributed by atoms with Gasteiger partial charge in [-0.3, -0.25) is 4.79 Å². The van der Waals surface area contributed by atoms with Gasteiger partial charge in [0.1, 0.15) is 0 Å². The van der Waals surface area contributed by atoms with Gasteiger partial charge in [-0.2, -0.15) is 0 Å². The van der Waals surface area contributed by atoms with E-state index in [4.69, 9.17) is 5.11 Å². The average molecular weight is 300 g/mol. The molecule has 5 nitrogen and oxygen atoms in total. The van der Waals surface area contributed by atoms with Crippen LogP contribution in [-0.4, -0.2) is 39.4 Å². The van der Waals surface area contributed by atoms with E-state index in [1.807, 2.05) is 41.2 Å². The Morgan fingerprint density at radius 3 is 2.45 bits per heavy atom. The van der Waals surface area contributed by atoms with Gasteiger partial charge >= 0.3 is 0 Å². The highest BCUT2D eigenvalue weighted by Gasteiger charge is 2.33. The summed E-state index contributed by atoms with van der Waals surface area (Å²) in [6, 6.07) is 11.2. The van der Waals surface area contributed by atoms with Crippen LogP contribution in [0.2, 0.25) is 0 Å². The monoisotopic (exact) mass is 300 g/mol. The minimum absolute atomic E-state index is 0.0426. The van der Waals surface area contributed by atoms with E-state index in [1.165, 1.54) is 0 Å². The minimum Gasteiger partial charge on any atom is -0.396 e. The standard InChI is InChI=1S/C17H20N2O3/c20-11-13-9-14(10-16(13)21)18-17(22)12-3-5-15(6-4-12)19-7-1-2-8-19/h1-8,13-14,16,20-21H,9-11H2,(H,18,22). The predicted molar refractivity (Wildman–Crippen MR) is 82.8 cm³/mol. The van der Waals surface area contributed by atoms with Gasteiger partial charge in [0.15, 0.2) is 0 Å². The molecule has 0 radical (unpaired) electrons. The van der Waals surface area contributed by atoms with Crippen LogP contribution in [0, 0.1) is 5.92 Å². The molecule has 2 aromatic rings. The smallest absolute Gasteiger partial charge is 0.251 e. The van der Waals surface area contributed by atoms with Crippen molar-refractivity contribution in [3.05, 3.63) is 54.4 Å². The van der Waals surface area contributed by atoms with Gasteiger partial charge in [0, 0.05) is 42.2 Å². The summed E-state index contributed by atoms with van der Waals surface area (Å²) in [5.74, 6) is -0.281. The first-order valence-electron chi connectivity index (χ1n) is 7.50. The first kappa shape index (κ1) is 14.8. The summed E-state index contributed by atoms with van der Waals surface area (Å²) in [7, 11) is 0. The molecular formula is C17H20N2O3. The predicted octanol–water partition coefficient (Wildman–Crippen LogP) is 1.34. The highest BCUT2D eigenvalue weighted by Crippen LogP contribution is 2.26. The zero-order valence-corrected chi connectivity index (χ0v) is 12.2. The normalized spacial score (nSPS) is 24.4. The summed E-state index contributed by atoms with van der Waals surface area (Å²) in [6.07, 6.45) is 4.48. The van der Waals surface area contributed by atoms with Gasteiger partial charge in [-0.25, -0.2) is 0 Å². The second-order valence-corrected chi connectivity index (χ2v) is 5.79. The molecule has 1 aromatic carbocycles. The summed E-state index contributed by atoms with van der Waals surface area (Å²) in [6.45, 7) is -0.0426. The van der Waals surface area contributed by atoms with Gasteiger partial charge in [-0.1, -0.05) is 0 Å². The lowest BCUT2D eigenvalue weighted by Crippen LogP contribution is -2.33. The summed E-state index contributed by atoms with van der Waals surface area (Å²) in [5.41, 5.74) is 1.59. The van der Waals surface area contributed by atoms with E-state index in [1.54, 1.807) is 12.1 Å². The maximum Gasteiger partial charge on any atom is 0.251 e. The molecule has 3 unspecified atom stereocenters. The Morgan fingerprint density at radius 2 is 1.86 bits per heavy atom. The number of amides is 1. The number of aliphatic hydroxyl groups is 2. The fourth-order valence-corrected chi connectivity index (χ4v) is 2.98. The fraction of sp³-hybridized carbons (Fsp3) is 0.353. The average Bonchev–Trinajstić information content (AvgIpc) is 3.17. The SMILES string of the molecule is O=C(NC1CC(O)C(CO)C1)c1ccc(-n2cccc2)cc1. The van der Waals surface area contributed by atoms with Crippen molar-refractivity contribution < 1.29 is 15.0 Å². The van der Waals surface area contributed by atoms with Gasteiger partial charge in [0.2, 0.25) is 0 Å². The van der Waals surface area contributed by atoms with Crippen LogP contribution in [0.1, 0.15) is 23.2 Å². The largest absolute Gasteiger partial charge is 0.396 e.